The Kier molecular flexibility index (Phi) is 3.09. The van der Waals surface area contributed by atoms with Gasteiger partial charge in [-0.25, -0.2) is 0 Å². The van der Waals surface area contributed by atoms with Gasteiger partial charge >= 0.3 is 0 Å². The van der Waals surface area contributed by atoms with Crippen molar-refractivity contribution in [2.45, 2.75) is 64.6 Å². The number of rotatable bonds is 1. The van der Waals surface area contributed by atoms with Gasteiger partial charge in [-0.05, 0) is 52.5 Å². The van der Waals surface area contributed by atoms with Crippen LogP contribution in [0.15, 0.2) is 0 Å². The van der Waals surface area contributed by atoms with Crippen LogP contribution >= 0.6 is 0 Å². The van der Waals surface area contributed by atoms with Crippen molar-refractivity contribution in [3.05, 3.63) is 0 Å². The van der Waals surface area contributed by atoms with E-state index in [4.69, 9.17) is 0 Å². The molecule has 2 aliphatic heterocycles. The third-order valence-electron chi connectivity index (χ3n) is 4.17. The predicted octanol–water partition coefficient (Wildman–Crippen LogP) is 2.25. The first-order valence-electron chi connectivity index (χ1n) is 6.54. The van der Waals surface area contributed by atoms with Crippen molar-refractivity contribution < 1.29 is 0 Å². The molecule has 0 aliphatic carbocycles. The van der Waals surface area contributed by atoms with E-state index < -0.39 is 0 Å². The van der Waals surface area contributed by atoms with Crippen molar-refractivity contribution in [3.63, 3.8) is 0 Å². The van der Waals surface area contributed by atoms with Gasteiger partial charge in [0.2, 0.25) is 0 Å². The summed E-state index contributed by atoms with van der Waals surface area (Å²) >= 11 is 0. The summed E-state index contributed by atoms with van der Waals surface area (Å²) in [6.07, 6.45) is 4.09. The van der Waals surface area contributed by atoms with Crippen LogP contribution in [-0.4, -0.2) is 35.6 Å². The van der Waals surface area contributed by atoms with E-state index in [1.807, 2.05) is 0 Å². The number of hydrogen-bond acceptors (Lipinski definition) is 2. The summed E-state index contributed by atoms with van der Waals surface area (Å²) in [7, 11) is 0. The summed E-state index contributed by atoms with van der Waals surface area (Å²) in [6.45, 7) is 11.9. The third kappa shape index (κ3) is 2.07. The third-order valence-corrected chi connectivity index (χ3v) is 4.17. The average molecular weight is 210 g/mol. The Morgan fingerprint density at radius 3 is 2.67 bits per heavy atom. The molecular formula is C13H26N2. The van der Waals surface area contributed by atoms with Crippen LogP contribution in [0.3, 0.4) is 0 Å². The first-order valence-corrected chi connectivity index (χ1v) is 6.54. The molecule has 2 nitrogen and oxygen atoms in total. The van der Waals surface area contributed by atoms with E-state index >= 15 is 0 Å². The van der Waals surface area contributed by atoms with Gasteiger partial charge < -0.3 is 5.32 Å². The summed E-state index contributed by atoms with van der Waals surface area (Å²) in [5.74, 6) is 0.905. The minimum atomic E-state index is 0.333. The zero-order valence-electron chi connectivity index (χ0n) is 10.7. The fourth-order valence-electron chi connectivity index (χ4n) is 3.46. The molecule has 0 bridgehead atoms. The standard InChI is InChI=1S/C13H26N2/c1-5-11-12-10(7-6-8-14-12)9-15(11)13(2,3)4/h10-12,14H,5-9H2,1-4H3. The predicted molar refractivity (Wildman–Crippen MR) is 65.1 cm³/mol. The molecule has 2 fully saturated rings. The molecule has 88 valence electrons. The van der Waals surface area contributed by atoms with Gasteiger partial charge in [0.1, 0.15) is 0 Å². The second-order valence-electron chi connectivity index (χ2n) is 6.18. The van der Waals surface area contributed by atoms with Crippen molar-refractivity contribution in [2.24, 2.45) is 5.92 Å². The average Bonchev–Trinajstić information content (AvgIpc) is 2.55. The molecule has 0 saturated carbocycles. The van der Waals surface area contributed by atoms with Crippen molar-refractivity contribution in [2.75, 3.05) is 13.1 Å². The van der Waals surface area contributed by atoms with E-state index in [-0.39, 0.29) is 0 Å². The van der Waals surface area contributed by atoms with Gasteiger partial charge in [-0.2, -0.15) is 0 Å². The molecule has 2 saturated heterocycles. The zero-order valence-corrected chi connectivity index (χ0v) is 10.7. The zero-order chi connectivity index (χ0) is 11.1. The van der Waals surface area contributed by atoms with Crippen LogP contribution in [-0.2, 0) is 0 Å². The van der Waals surface area contributed by atoms with E-state index in [9.17, 15) is 0 Å². The number of fused-ring (bicyclic) bond motifs is 1. The largest absolute Gasteiger partial charge is 0.312 e. The van der Waals surface area contributed by atoms with Crippen LogP contribution in [0, 0.1) is 5.92 Å². The molecule has 2 aliphatic rings. The maximum Gasteiger partial charge on any atom is 0.0263 e. The Labute approximate surface area is 94.4 Å². The molecule has 3 unspecified atom stereocenters. The van der Waals surface area contributed by atoms with Gasteiger partial charge in [-0.3, -0.25) is 4.90 Å². The minimum Gasteiger partial charge on any atom is -0.312 e. The van der Waals surface area contributed by atoms with Crippen LogP contribution in [0.2, 0.25) is 0 Å². The summed E-state index contributed by atoms with van der Waals surface area (Å²) in [4.78, 5) is 2.72. The highest BCUT2D eigenvalue weighted by molar-refractivity contribution is 5.02. The Bertz CT molecular complexity index is 219. The summed E-state index contributed by atoms with van der Waals surface area (Å²) in [5, 5.41) is 3.74. The fourth-order valence-corrected chi connectivity index (χ4v) is 3.46. The number of nitrogens with zero attached hydrogens (tertiary/aromatic N) is 1. The van der Waals surface area contributed by atoms with Crippen molar-refractivity contribution in [3.8, 4) is 0 Å². The van der Waals surface area contributed by atoms with E-state index in [1.165, 1.54) is 32.4 Å². The van der Waals surface area contributed by atoms with E-state index in [1.54, 1.807) is 0 Å². The van der Waals surface area contributed by atoms with Crippen molar-refractivity contribution in [1.82, 2.24) is 10.2 Å². The topological polar surface area (TPSA) is 15.3 Å². The van der Waals surface area contributed by atoms with Gasteiger partial charge in [0.25, 0.3) is 0 Å². The van der Waals surface area contributed by atoms with E-state index in [2.05, 4.69) is 37.9 Å². The monoisotopic (exact) mass is 210 g/mol. The molecule has 0 aromatic carbocycles. The molecule has 2 heteroatoms. The van der Waals surface area contributed by atoms with Gasteiger partial charge in [0.15, 0.2) is 0 Å². The Morgan fingerprint density at radius 2 is 2.07 bits per heavy atom. The quantitative estimate of drug-likeness (QED) is 0.714. The molecule has 0 aromatic heterocycles. The van der Waals surface area contributed by atoms with Crippen LogP contribution < -0.4 is 5.32 Å². The second kappa shape index (κ2) is 4.06. The highest BCUT2D eigenvalue weighted by Crippen LogP contribution is 2.35. The highest BCUT2D eigenvalue weighted by Gasteiger charge is 2.45. The summed E-state index contributed by atoms with van der Waals surface area (Å²) in [6, 6.07) is 1.53. The molecule has 15 heavy (non-hydrogen) atoms. The lowest BCUT2D eigenvalue weighted by molar-refractivity contribution is 0.110. The van der Waals surface area contributed by atoms with Crippen LogP contribution in [0.25, 0.3) is 0 Å². The lowest BCUT2D eigenvalue weighted by Gasteiger charge is -2.38. The van der Waals surface area contributed by atoms with Gasteiger partial charge in [0.05, 0.1) is 0 Å². The molecule has 0 aromatic rings. The van der Waals surface area contributed by atoms with Gasteiger partial charge in [0, 0.05) is 24.2 Å². The minimum absolute atomic E-state index is 0.333. The molecule has 2 heterocycles. The van der Waals surface area contributed by atoms with Crippen LogP contribution in [0.4, 0.5) is 0 Å². The van der Waals surface area contributed by atoms with Gasteiger partial charge in [-0.1, -0.05) is 6.92 Å². The first-order chi connectivity index (χ1) is 7.04. The first kappa shape index (κ1) is 11.4. The van der Waals surface area contributed by atoms with Crippen molar-refractivity contribution in [1.29, 1.82) is 0 Å². The number of nitrogens with one attached hydrogen (secondary N) is 1. The summed E-state index contributed by atoms with van der Waals surface area (Å²) < 4.78 is 0. The Hall–Kier alpha value is -0.0800. The molecular weight excluding hydrogens is 184 g/mol. The maximum atomic E-state index is 3.74. The lowest BCUT2D eigenvalue weighted by atomic mass is 9.90. The van der Waals surface area contributed by atoms with E-state index in [0.717, 1.165) is 18.0 Å². The maximum absolute atomic E-state index is 3.74. The smallest absolute Gasteiger partial charge is 0.0263 e. The Morgan fingerprint density at radius 1 is 1.33 bits per heavy atom. The van der Waals surface area contributed by atoms with E-state index in [0.29, 0.717) is 5.54 Å². The van der Waals surface area contributed by atoms with Gasteiger partial charge in [-0.15, -0.1) is 0 Å². The van der Waals surface area contributed by atoms with Crippen molar-refractivity contribution >= 4 is 0 Å². The molecule has 0 amide bonds. The van der Waals surface area contributed by atoms with Crippen LogP contribution in [0.1, 0.15) is 47.0 Å². The fraction of sp³-hybridized carbons (Fsp3) is 1.00. The molecule has 0 radical (unpaired) electrons. The number of likely N-dealkylation sites (tertiary alicyclic amines) is 1. The molecule has 0 spiro atoms. The lowest BCUT2D eigenvalue weighted by Crippen LogP contribution is -2.50. The second-order valence-corrected chi connectivity index (χ2v) is 6.18. The summed E-state index contributed by atoms with van der Waals surface area (Å²) in [5.41, 5.74) is 0.333. The Balaban J connectivity index is 2.14. The number of hydrogen-bond donors (Lipinski definition) is 1. The van der Waals surface area contributed by atoms with Crippen LogP contribution in [0.5, 0.6) is 0 Å². The highest BCUT2D eigenvalue weighted by atomic mass is 15.3. The molecule has 3 atom stereocenters. The molecule has 1 N–H and O–H groups in total. The number of piperidine rings is 1. The molecule has 2 rings (SSSR count). The normalized spacial score (nSPS) is 38.0. The SMILES string of the molecule is CCC1C2NCCCC2CN1C(C)(C)C.